The molecule has 3 heterocycles. The van der Waals surface area contributed by atoms with Crippen LogP contribution in [0.5, 0.6) is 0 Å². The summed E-state index contributed by atoms with van der Waals surface area (Å²) in [6, 6.07) is 0.892. The molecule has 3 aliphatic rings. The van der Waals surface area contributed by atoms with Crippen LogP contribution in [0.25, 0.3) is 0 Å². The number of likely N-dealkylation sites (tertiary alicyclic amines) is 2. The van der Waals surface area contributed by atoms with Crippen molar-refractivity contribution in [3.8, 4) is 0 Å². The zero-order valence-corrected chi connectivity index (χ0v) is 18.1. The van der Waals surface area contributed by atoms with Gasteiger partial charge in [0.05, 0.1) is 6.20 Å². The maximum atomic E-state index is 4.40. The molecule has 2 aliphatic heterocycles. The molecule has 0 N–H and O–H groups in total. The summed E-state index contributed by atoms with van der Waals surface area (Å²) in [6.45, 7) is 10.0. The van der Waals surface area contributed by atoms with E-state index < -0.39 is 0 Å². The standard InChI is InChI=1S/C23H41N5/c1-25-17-22(16-24-25)19-27(15-14-26-11-5-2-6-12-26)18-21-8-7-13-28(20-21)23-9-3-4-10-23/h16-17,21,23H,2-15,18-20H2,1H3. The maximum absolute atomic E-state index is 4.40. The molecule has 28 heavy (non-hydrogen) atoms. The van der Waals surface area contributed by atoms with E-state index in [0.29, 0.717) is 0 Å². The fourth-order valence-corrected chi connectivity index (χ4v) is 5.72. The Balaban J connectivity index is 1.33. The van der Waals surface area contributed by atoms with E-state index >= 15 is 0 Å². The Morgan fingerprint density at radius 2 is 1.82 bits per heavy atom. The average molecular weight is 388 g/mol. The third-order valence-corrected chi connectivity index (χ3v) is 7.25. The van der Waals surface area contributed by atoms with E-state index in [2.05, 4.69) is 32.2 Å². The molecule has 5 heteroatoms. The molecular formula is C23H41N5. The van der Waals surface area contributed by atoms with Crippen molar-refractivity contribution in [2.45, 2.75) is 70.4 Å². The monoisotopic (exact) mass is 387 g/mol. The number of hydrogen-bond acceptors (Lipinski definition) is 4. The third-order valence-electron chi connectivity index (χ3n) is 7.25. The first kappa shape index (κ1) is 20.4. The van der Waals surface area contributed by atoms with Crippen LogP contribution in [-0.4, -0.2) is 76.3 Å². The SMILES string of the molecule is Cn1cc(CN(CCN2CCCCC2)CC2CCCN(C3CCCC3)C2)cn1. The average Bonchev–Trinajstić information content (AvgIpc) is 3.39. The Morgan fingerprint density at radius 1 is 1.00 bits per heavy atom. The van der Waals surface area contributed by atoms with Gasteiger partial charge >= 0.3 is 0 Å². The summed E-state index contributed by atoms with van der Waals surface area (Å²) in [7, 11) is 2.03. The topological polar surface area (TPSA) is 27.5 Å². The summed E-state index contributed by atoms with van der Waals surface area (Å²) in [4.78, 5) is 8.26. The second-order valence-corrected chi connectivity index (χ2v) is 9.60. The van der Waals surface area contributed by atoms with Gasteiger partial charge < -0.3 is 9.80 Å². The second kappa shape index (κ2) is 10.2. The van der Waals surface area contributed by atoms with E-state index in [4.69, 9.17) is 0 Å². The van der Waals surface area contributed by atoms with E-state index in [1.54, 1.807) is 0 Å². The Morgan fingerprint density at radius 3 is 2.57 bits per heavy atom. The van der Waals surface area contributed by atoms with Crippen molar-refractivity contribution in [2.24, 2.45) is 13.0 Å². The van der Waals surface area contributed by atoms with Crippen LogP contribution < -0.4 is 0 Å². The molecule has 5 nitrogen and oxygen atoms in total. The van der Waals surface area contributed by atoms with Crippen molar-refractivity contribution < 1.29 is 0 Å². The van der Waals surface area contributed by atoms with Crippen LogP contribution >= 0.6 is 0 Å². The molecule has 1 aromatic heterocycles. The number of aromatic nitrogens is 2. The molecule has 0 bridgehead atoms. The number of piperidine rings is 2. The molecule has 158 valence electrons. The summed E-state index contributed by atoms with van der Waals surface area (Å²) in [5.74, 6) is 0.840. The molecule has 1 saturated carbocycles. The van der Waals surface area contributed by atoms with Gasteiger partial charge in [-0.15, -0.1) is 0 Å². The summed E-state index contributed by atoms with van der Waals surface area (Å²) >= 11 is 0. The molecule has 0 spiro atoms. The van der Waals surface area contributed by atoms with E-state index in [1.807, 2.05) is 11.7 Å². The van der Waals surface area contributed by atoms with Crippen LogP contribution in [0.4, 0.5) is 0 Å². The number of aryl methyl sites for hydroxylation is 1. The van der Waals surface area contributed by atoms with Crippen molar-refractivity contribution in [2.75, 3.05) is 45.8 Å². The molecule has 1 aromatic rings. The van der Waals surface area contributed by atoms with Gasteiger partial charge in [0.25, 0.3) is 0 Å². The van der Waals surface area contributed by atoms with Crippen molar-refractivity contribution in [3.63, 3.8) is 0 Å². The zero-order valence-electron chi connectivity index (χ0n) is 18.1. The predicted molar refractivity (Wildman–Crippen MR) is 115 cm³/mol. The summed E-state index contributed by atoms with van der Waals surface area (Å²) < 4.78 is 1.95. The smallest absolute Gasteiger partial charge is 0.0534 e. The summed E-state index contributed by atoms with van der Waals surface area (Å²) in [5, 5.41) is 4.40. The summed E-state index contributed by atoms with van der Waals surface area (Å²) in [6.07, 6.45) is 17.1. The molecule has 0 aromatic carbocycles. The molecular weight excluding hydrogens is 346 g/mol. The number of hydrogen-bond donors (Lipinski definition) is 0. The summed E-state index contributed by atoms with van der Waals surface area (Å²) in [5.41, 5.74) is 1.37. The lowest BCUT2D eigenvalue weighted by Crippen LogP contribution is -2.46. The van der Waals surface area contributed by atoms with Crippen LogP contribution in [-0.2, 0) is 13.6 Å². The molecule has 1 atom stereocenters. The maximum Gasteiger partial charge on any atom is 0.0534 e. The van der Waals surface area contributed by atoms with Gasteiger partial charge in [-0.25, -0.2) is 0 Å². The van der Waals surface area contributed by atoms with Gasteiger partial charge in [-0.1, -0.05) is 19.3 Å². The van der Waals surface area contributed by atoms with Gasteiger partial charge in [0.1, 0.15) is 0 Å². The number of rotatable bonds is 8. The highest BCUT2D eigenvalue weighted by Gasteiger charge is 2.29. The van der Waals surface area contributed by atoms with Crippen LogP contribution in [0.2, 0.25) is 0 Å². The lowest BCUT2D eigenvalue weighted by molar-refractivity contribution is 0.0912. The van der Waals surface area contributed by atoms with Gasteiger partial charge in [0.2, 0.25) is 0 Å². The van der Waals surface area contributed by atoms with Gasteiger partial charge in [-0.05, 0) is 64.1 Å². The Bertz CT molecular complexity index is 573. The minimum Gasteiger partial charge on any atom is -0.302 e. The molecule has 3 fully saturated rings. The van der Waals surface area contributed by atoms with Gasteiger partial charge in [-0.3, -0.25) is 9.58 Å². The zero-order chi connectivity index (χ0) is 19.2. The van der Waals surface area contributed by atoms with E-state index in [1.165, 1.54) is 109 Å². The van der Waals surface area contributed by atoms with E-state index in [-0.39, 0.29) is 0 Å². The lowest BCUT2D eigenvalue weighted by atomic mass is 9.95. The minimum atomic E-state index is 0.840. The first-order chi connectivity index (χ1) is 13.8. The van der Waals surface area contributed by atoms with Crippen molar-refractivity contribution in [1.29, 1.82) is 0 Å². The fourth-order valence-electron chi connectivity index (χ4n) is 5.72. The van der Waals surface area contributed by atoms with Gasteiger partial charge in [0, 0.05) is 57.6 Å². The van der Waals surface area contributed by atoms with Crippen molar-refractivity contribution in [1.82, 2.24) is 24.5 Å². The molecule has 2 saturated heterocycles. The van der Waals surface area contributed by atoms with Crippen LogP contribution in [0, 0.1) is 5.92 Å². The minimum absolute atomic E-state index is 0.840. The van der Waals surface area contributed by atoms with Gasteiger partial charge in [0.15, 0.2) is 0 Å². The molecule has 1 unspecified atom stereocenters. The highest BCUT2D eigenvalue weighted by Crippen LogP contribution is 2.28. The third kappa shape index (κ3) is 5.80. The van der Waals surface area contributed by atoms with Crippen molar-refractivity contribution in [3.05, 3.63) is 18.0 Å². The highest BCUT2D eigenvalue weighted by atomic mass is 15.3. The molecule has 4 rings (SSSR count). The Hall–Kier alpha value is -0.910. The molecule has 0 amide bonds. The normalized spacial score (nSPS) is 25.7. The first-order valence-electron chi connectivity index (χ1n) is 11.9. The van der Waals surface area contributed by atoms with Crippen LogP contribution in [0.3, 0.4) is 0 Å². The molecule has 1 aliphatic carbocycles. The number of nitrogens with zero attached hydrogens (tertiary/aromatic N) is 5. The van der Waals surface area contributed by atoms with E-state index in [9.17, 15) is 0 Å². The largest absolute Gasteiger partial charge is 0.302 e. The predicted octanol–water partition coefficient (Wildman–Crippen LogP) is 3.36. The van der Waals surface area contributed by atoms with Crippen molar-refractivity contribution >= 4 is 0 Å². The van der Waals surface area contributed by atoms with Crippen LogP contribution in [0.1, 0.15) is 63.4 Å². The van der Waals surface area contributed by atoms with Crippen LogP contribution in [0.15, 0.2) is 12.4 Å². The first-order valence-corrected chi connectivity index (χ1v) is 11.9. The Kier molecular flexibility index (Phi) is 7.43. The quantitative estimate of drug-likeness (QED) is 0.684. The second-order valence-electron chi connectivity index (χ2n) is 9.60. The fraction of sp³-hybridized carbons (Fsp3) is 0.870. The van der Waals surface area contributed by atoms with Gasteiger partial charge in [-0.2, -0.15) is 5.10 Å². The highest BCUT2D eigenvalue weighted by molar-refractivity contribution is 5.03. The van der Waals surface area contributed by atoms with E-state index in [0.717, 1.165) is 18.5 Å². The Labute approximate surface area is 172 Å². The molecule has 0 radical (unpaired) electrons. The lowest BCUT2D eigenvalue weighted by Gasteiger charge is -2.39.